The predicted molar refractivity (Wildman–Crippen MR) is 157 cm³/mol. The van der Waals surface area contributed by atoms with Crippen LogP contribution in [0.5, 0.6) is 5.75 Å². The number of rotatable bonds is 8. The summed E-state index contributed by atoms with van der Waals surface area (Å²) in [5.41, 5.74) is 1.82. The normalized spacial score (nSPS) is 13.7. The maximum Gasteiger partial charge on any atom is 0.335 e. The molecule has 0 saturated carbocycles. The first-order valence-electron chi connectivity index (χ1n) is 12.7. The lowest BCUT2D eigenvalue weighted by atomic mass is 10.2. The lowest BCUT2D eigenvalue weighted by Gasteiger charge is -2.22. The molecule has 41 heavy (non-hydrogen) atoms. The van der Waals surface area contributed by atoms with Crippen LogP contribution < -0.4 is 19.3 Å². The van der Waals surface area contributed by atoms with Gasteiger partial charge in [-0.2, -0.15) is 5.01 Å². The lowest BCUT2D eigenvalue weighted by molar-refractivity contribution is 0.0989. The Balaban J connectivity index is 1.54. The second-order valence-corrected chi connectivity index (χ2v) is 10.3. The van der Waals surface area contributed by atoms with E-state index in [-0.39, 0.29) is 22.9 Å². The molecule has 0 radical (unpaired) electrons. The Hall–Kier alpha value is -4.42. The van der Waals surface area contributed by atoms with Crippen molar-refractivity contribution in [1.29, 1.82) is 0 Å². The number of aromatic nitrogens is 2. The Labute approximate surface area is 243 Å². The fourth-order valence-electron chi connectivity index (χ4n) is 4.26. The molecule has 2 N–H and O–H groups in total. The van der Waals surface area contributed by atoms with Crippen LogP contribution in [0.3, 0.4) is 0 Å². The molecule has 3 aromatic carbocycles. The second kappa shape index (κ2) is 12.8. The first-order valence-corrected chi connectivity index (χ1v) is 14.2. The zero-order valence-electron chi connectivity index (χ0n) is 22.0. The summed E-state index contributed by atoms with van der Waals surface area (Å²) in [6.07, 6.45) is 3.17. The minimum Gasteiger partial charge on any atom is -0.497 e. The zero-order chi connectivity index (χ0) is 28.8. The van der Waals surface area contributed by atoms with Crippen molar-refractivity contribution in [3.05, 3.63) is 77.3 Å². The third kappa shape index (κ3) is 6.67. The van der Waals surface area contributed by atoms with Gasteiger partial charge in [0.1, 0.15) is 18.8 Å². The summed E-state index contributed by atoms with van der Waals surface area (Å²) in [4.78, 5) is 25.8. The number of halogens is 1. The van der Waals surface area contributed by atoms with Crippen LogP contribution in [0.15, 0.2) is 77.1 Å². The fourth-order valence-corrected chi connectivity index (χ4v) is 5.00. The SMILES string of the molecule is COc1ccc(Cl)c(Nc2nc3ccccc3nc2N(c2cccc(C(=O)N=[N+]=NN3CCCCC3)c2)S(=O)O)c1. The highest BCUT2D eigenvalue weighted by molar-refractivity contribution is 7.81. The van der Waals surface area contributed by atoms with Gasteiger partial charge in [0.05, 0.1) is 44.6 Å². The number of piperidine rings is 1. The van der Waals surface area contributed by atoms with Crippen molar-refractivity contribution in [1.82, 2.24) is 19.9 Å². The molecule has 0 aliphatic carbocycles. The maximum atomic E-state index is 12.8. The molecular formula is C27H26ClN8O4S+. The predicted octanol–water partition coefficient (Wildman–Crippen LogP) is 5.82. The number of ether oxygens (including phenoxy) is 1. The van der Waals surface area contributed by atoms with Gasteiger partial charge in [-0.05, 0) is 61.7 Å². The molecule has 1 aliphatic heterocycles. The smallest absolute Gasteiger partial charge is 0.335 e. The first-order chi connectivity index (χ1) is 19.9. The summed E-state index contributed by atoms with van der Waals surface area (Å²) in [7, 11) is 1.53. The topological polar surface area (TPSA) is 147 Å². The monoisotopic (exact) mass is 593 g/mol. The number of nitrogens with one attached hydrogen (secondary N) is 1. The molecule has 2 heterocycles. The van der Waals surface area contributed by atoms with Crippen LogP contribution >= 0.6 is 11.6 Å². The summed E-state index contributed by atoms with van der Waals surface area (Å²) in [5.74, 6) is 0.0670. The first kappa shape index (κ1) is 28.1. The molecule has 12 nitrogen and oxygen atoms in total. The number of methoxy groups -OCH3 is 1. The van der Waals surface area contributed by atoms with Crippen LogP contribution in [0.1, 0.15) is 29.6 Å². The van der Waals surface area contributed by atoms with Gasteiger partial charge < -0.3 is 10.1 Å². The van der Waals surface area contributed by atoms with E-state index in [0.717, 1.165) is 36.7 Å². The molecule has 4 aromatic rings. The Morgan fingerprint density at radius 1 is 1.07 bits per heavy atom. The molecule has 1 atom stereocenters. The molecular weight excluding hydrogens is 568 g/mol. The van der Waals surface area contributed by atoms with Crippen molar-refractivity contribution in [3.8, 4) is 5.75 Å². The van der Waals surface area contributed by atoms with Crippen molar-refractivity contribution < 1.29 is 18.3 Å². The van der Waals surface area contributed by atoms with E-state index in [1.165, 1.54) is 19.2 Å². The van der Waals surface area contributed by atoms with Gasteiger partial charge in [-0.25, -0.2) is 18.5 Å². The molecule has 1 aliphatic rings. The van der Waals surface area contributed by atoms with Gasteiger partial charge in [0.15, 0.2) is 11.6 Å². The Bertz CT molecular complexity index is 1670. The number of hydrogen-bond acceptors (Lipinski definition) is 7. The Morgan fingerprint density at radius 3 is 2.56 bits per heavy atom. The van der Waals surface area contributed by atoms with Crippen LogP contribution in [-0.4, -0.2) is 49.8 Å². The van der Waals surface area contributed by atoms with Crippen LogP contribution in [0.4, 0.5) is 23.0 Å². The molecule has 14 heteroatoms. The van der Waals surface area contributed by atoms with Crippen LogP contribution in [0.2, 0.25) is 5.02 Å². The summed E-state index contributed by atoms with van der Waals surface area (Å²) in [6, 6.07) is 18.2. The van der Waals surface area contributed by atoms with E-state index < -0.39 is 17.2 Å². The quantitative estimate of drug-likeness (QED) is 0.147. The average Bonchev–Trinajstić information content (AvgIpc) is 2.99. The number of carbonyl (C=O) groups is 1. The standard InChI is InChI=1S/C27H25ClN8O4S/c1-40-20-12-13-21(28)24(17-20)30-25-26(31-23-11-4-3-10-22(23)29-25)36(41(38)39)19-9-7-8-18(16-19)27(37)32-33-34-35-14-5-2-6-15-35/h3-4,7-13,16-17H,2,5-6,14-15H2,1H3,(H-,29,30,38,39)/p+1. The molecule has 210 valence electrons. The molecule has 1 saturated heterocycles. The highest BCUT2D eigenvalue weighted by atomic mass is 35.5. The number of nitrogens with zero attached hydrogens (tertiary/aromatic N) is 7. The fraction of sp³-hybridized carbons (Fsp3) is 0.222. The number of hydrogen-bond donors (Lipinski definition) is 2. The van der Waals surface area contributed by atoms with Gasteiger partial charge >= 0.3 is 5.91 Å². The second-order valence-electron chi connectivity index (χ2n) is 9.03. The molecule has 1 aromatic heterocycles. The van der Waals surface area contributed by atoms with Gasteiger partial charge in [-0.15, -0.1) is 0 Å². The number of fused-ring (bicyclic) bond motifs is 1. The largest absolute Gasteiger partial charge is 0.497 e. The third-order valence-corrected chi connectivity index (χ3v) is 7.32. The van der Waals surface area contributed by atoms with E-state index in [9.17, 15) is 13.6 Å². The molecule has 0 bridgehead atoms. The van der Waals surface area contributed by atoms with E-state index >= 15 is 0 Å². The summed E-state index contributed by atoms with van der Waals surface area (Å²) in [5, 5.41) is 13.0. The molecule has 0 spiro atoms. The number of anilines is 4. The summed E-state index contributed by atoms with van der Waals surface area (Å²) >= 11 is 3.81. The van der Waals surface area contributed by atoms with E-state index in [4.69, 9.17) is 16.3 Å². The highest BCUT2D eigenvalue weighted by Crippen LogP contribution is 2.36. The maximum absolute atomic E-state index is 12.8. The zero-order valence-corrected chi connectivity index (χ0v) is 23.5. The van der Waals surface area contributed by atoms with Gasteiger partial charge in [0, 0.05) is 11.6 Å². The van der Waals surface area contributed by atoms with Crippen LogP contribution in [0.25, 0.3) is 11.0 Å². The number of para-hydroxylation sites is 2. The molecule has 1 fully saturated rings. The third-order valence-electron chi connectivity index (χ3n) is 6.29. The minimum atomic E-state index is -2.62. The van der Waals surface area contributed by atoms with Crippen molar-refractivity contribution in [2.75, 3.05) is 29.8 Å². The van der Waals surface area contributed by atoms with Crippen molar-refractivity contribution in [3.63, 3.8) is 0 Å². The van der Waals surface area contributed by atoms with Crippen LogP contribution in [0, 0.1) is 0 Å². The minimum absolute atomic E-state index is 0.0229. The van der Waals surface area contributed by atoms with Crippen molar-refractivity contribution >= 4 is 62.8 Å². The van der Waals surface area contributed by atoms with Crippen LogP contribution in [-0.2, 0) is 11.3 Å². The van der Waals surface area contributed by atoms with Gasteiger partial charge in [0.25, 0.3) is 11.3 Å². The Morgan fingerprint density at radius 2 is 1.83 bits per heavy atom. The van der Waals surface area contributed by atoms with Gasteiger partial charge in [-0.1, -0.05) is 29.8 Å². The van der Waals surface area contributed by atoms with Crippen molar-refractivity contribution in [2.45, 2.75) is 19.3 Å². The summed E-state index contributed by atoms with van der Waals surface area (Å²) in [6.45, 7) is 1.54. The Kier molecular flexibility index (Phi) is 8.80. The number of benzene rings is 3. The van der Waals surface area contributed by atoms with E-state index in [2.05, 4.69) is 30.5 Å². The summed E-state index contributed by atoms with van der Waals surface area (Å²) < 4.78 is 29.6. The average molecular weight is 594 g/mol. The molecule has 1 unspecified atom stereocenters. The molecule has 1 amide bonds. The van der Waals surface area contributed by atoms with Crippen molar-refractivity contribution in [2.24, 2.45) is 10.3 Å². The highest BCUT2D eigenvalue weighted by Gasteiger charge is 2.24. The van der Waals surface area contributed by atoms with E-state index in [1.54, 1.807) is 53.5 Å². The van der Waals surface area contributed by atoms with Gasteiger partial charge in [0.2, 0.25) is 5.22 Å². The molecule has 5 rings (SSSR count). The van der Waals surface area contributed by atoms with E-state index in [1.807, 2.05) is 6.07 Å². The number of carbonyl (C=O) groups excluding carboxylic acids is 1. The van der Waals surface area contributed by atoms with E-state index in [0.29, 0.717) is 27.5 Å². The lowest BCUT2D eigenvalue weighted by Crippen LogP contribution is -2.24. The van der Waals surface area contributed by atoms with Gasteiger partial charge in [-0.3, -0.25) is 9.35 Å². The number of amides is 1.